The summed E-state index contributed by atoms with van der Waals surface area (Å²) in [4.78, 5) is 25.7. The number of likely N-dealkylation sites (tertiary alicyclic amines) is 1. The lowest BCUT2D eigenvalue weighted by molar-refractivity contribution is -0.141. The van der Waals surface area contributed by atoms with Gasteiger partial charge in [0.2, 0.25) is 11.8 Å². The number of benzene rings is 1. The molecule has 2 amide bonds. The largest absolute Gasteiger partial charge is 0.352 e. The van der Waals surface area contributed by atoms with Gasteiger partial charge in [-0.05, 0) is 12.5 Å². The first-order valence-corrected chi connectivity index (χ1v) is 6.95. The molecule has 1 aromatic rings. The Bertz CT molecular complexity index is 559. The Hall–Kier alpha value is -2.17. The van der Waals surface area contributed by atoms with Gasteiger partial charge in [0.15, 0.2) is 0 Å². The Morgan fingerprint density at radius 2 is 2.24 bits per heavy atom. The average Bonchev–Trinajstić information content (AvgIpc) is 2.48. The molecule has 5 heteroatoms. The minimum absolute atomic E-state index is 0.0731. The molecule has 4 nitrogen and oxygen atoms in total. The van der Waals surface area contributed by atoms with E-state index in [0.29, 0.717) is 24.9 Å². The van der Waals surface area contributed by atoms with Gasteiger partial charge in [0.25, 0.3) is 0 Å². The fourth-order valence-electron chi connectivity index (χ4n) is 2.76. The molecule has 0 radical (unpaired) electrons. The molecule has 0 saturated carbocycles. The van der Waals surface area contributed by atoms with Crippen LogP contribution in [0.25, 0.3) is 0 Å². The molecule has 1 aromatic carbocycles. The number of nitrogens with one attached hydrogen (secondary N) is 1. The van der Waals surface area contributed by atoms with E-state index in [0.717, 1.165) is 0 Å². The minimum Gasteiger partial charge on any atom is -0.352 e. The van der Waals surface area contributed by atoms with Crippen molar-refractivity contribution in [3.63, 3.8) is 0 Å². The van der Waals surface area contributed by atoms with Gasteiger partial charge in [0, 0.05) is 25.6 Å². The minimum atomic E-state index is -0.572. The van der Waals surface area contributed by atoms with E-state index >= 15 is 0 Å². The predicted molar refractivity (Wildman–Crippen MR) is 77.8 cm³/mol. The number of amides is 2. The number of rotatable bonds is 4. The number of piperidine rings is 1. The topological polar surface area (TPSA) is 49.4 Å². The van der Waals surface area contributed by atoms with Crippen LogP contribution in [0.4, 0.5) is 4.39 Å². The molecule has 2 rings (SSSR count). The van der Waals surface area contributed by atoms with Crippen molar-refractivity contribution in [3.8, 4) is 0 Å². The molecular weight excluding hydrogens is 271 g/mol. The van der Waals surface area contributed by atoms with E-state index in [-0.39, 0.29) is 11.8 Å². The lowest BCUT2D eigenvalue weighted by Gasteiger charge is -2.38. The monoisotopic (exact) mass is 290 g/mol. The first-order chi connectivity index (χ1) is 10.1. The standard InChI is InChI=1S/C16H19FN2O2/c1-3-10-18-16(21)12-8-9-14(20)19(2)15(12)11-6-4-5-7-13(11)17/h3-7,12,15H,1,8-10H2,2H3,(H,18,21)/t12-,15+/m1/s1. The van der Waals surface area contributed by atoms with Crippen molar-refractivity contribution in [2.24, 2.45) is 5.92 Å². The smallest absolute Gasteiger partial charge is 0.225 e. The van der Waals surface area contributed by atoms with Crippen LogP contribution in [0.3, 0.4) is 0 Å². The number of nitrogens with zero attached hydrogens (tertiary/aromatic N) is 1. The summed E-state index contributed by atoms with van der Waals surface area (Å²) in [6, 6.07) is 5.71. The fourth-order valence-corrected chi connectivity index (χ4v) is 2.76. The van der Waals surface area contributed by atoms with Crippen LogP contribution in [-0.4, -0.2) is 30.3 Å². The maximum Gasteiger partial charge on any atom is 0.225 e. The Morgan fingerprint density at radius 3 is 2.90 bits per heavy atom. The lowest BCUT2D eigenvalue weighted by Crippen LogP contribution is -2.46. The molecule has 0 aliphatic carbocycles. The predicted octanol–water partition coefficient (Wildman–Crippen LogP) is 2.04. The molecule has 1 aliphatic heterocycles. The average molecular weight is 290 g/mol. The molecule has 1 heterocycles. The van der Waals surface area contributed by atoms with E-state index in [4.69, 9.17) is 0 Å². The SMILES string of the molecule is C=CCNC(=O)[C@@H]1CCC(=O)N(C)[C@H]1c1ccccc1F. The highest BCUT2D eigenvalue weighted by atomic mass is 19.1. The van der Waals surface area contributed by atoms with Gasteiger partial charge in [0.1, 0.15) is 5.82 Å². The van der Waals surface area contributed by atoms with Crippen LogP contribution < -0.4 is 5.32 Å². The van der Waals surface area contributed by atoms with Gasteiger partial charge in [-0.1, -0.05) is 24.3 Å². The molecule has 0 aromatic heterocycles. The third kappa shape index (κ3) is 3.12. The normalized spacial score (nSPS) is 22.0. The van der Waals surface area contributed by atoms with Crippen LogP contribution in [-0.2, 0) is 9.59 Å². The summed E-state index contributed by atoms with van der Waals surface area (Å²) in [5.41, 5.74) is 0.381. The summed E-state index contributed by atoms with van der Waals surface area (Å²) in [6.07, 6.45) is 2.31. The molecular formula is C16H19FN2O2. The number of halogens is 1. The maximum absolute atomic E-state index is 14.1. The number of carbonyl (C=O) groups is 2. The van der Waals surface area contributed by atoms with E-state index < -0.39 is 17.8 Å². The van der Waals surface area contributed by atoms with Crippen molar-refractivity contribution in [1.29, 1.82) is 0 Å². The van der Waals surface area contributed by atoms with Crippen molar-refractivity contribution >= 4 is 11.8 Å². The third-order valence-corrected chi connectivity index (χ3v) is 3.84. The summed E-state index contributed by atoms with van der Waals surface area (Å²) in [5.74, 6) is -1.10. The van der Waals surface area contributed by atoms with Crippen molar-refractivity contribution in [2.75, 3.05) is 13.6 Å². The van der Waals surface area contributed by atoms with E-state index in [1.54, 1.807) is 31.3 Å². The van der Waals surface area contributed by atoms with Crippen LogP contribution >= 0.6 is 0 Å². The second-order valence-electron chi connectivity index (χ2n) is 5.15. The van der Waals surface area contributed by atoms with Crippen LogP contribution in [0.5, 0.6) is 0 Å². The maximum atomic E-state index is 14.1. The number of carbonyl (C=O) groups excluding carboxylic acids is 2. The van der Waals surface area contributed by atoms with Gasteiger partial charge >= 0.3 is 0 Å². The fraction of sp³-hybridized carbons (Fsp3) is 0.375. The van der Waals surface area contributed by atoms with Crippen LogP contribution in [0.1, 0.15) is 24.4 Å². The van der Waals surface area contributed by atoms with Crippen LogP contribution in [0.2, 0.25) is 0 Å². The zero-order valence-electron chi connectivity index (χ0n) is 12.0. The summed E-state index contributed by atoms with van der Waals surface area (Å²) < 4.78 is 14.1. The van der Waals surface area contributed by atoms with Gasteiger partial charge in [0.05, 0.1) is 12.0 Å². The second kappa shape index (κ2) is 6.52. The van der Waals surface area contributed by atoms with Crippen LogP contribution in [0, 0.1) is 11.7 Å². The van der Waals surface area contributed by atoms with Crippen molar-refractivity contribution in [2.45, 2.75) is 18.9 Å². The van der Waals surface area contributed by atoms with Crippen LogP contribution in [0.15, 0.2) is 36.9 Å². The highest BCUT2D eigenvalue weighted by Crippen LogP contribution is 2.36. The van der Waals surface area contributed by atoms with Gasteiger partial charge in [-0.15, -0.1) is 6.58 Å². The zero-order valence-corrected chi connectivity index (χ0v) is 12.0. The molecule has 0 unspecified atom stereocenters. The van der Waals surface area contributed by atoms with Crippen molar-refractivity contribution in [3.05, 3.63) is 48.3 Å². The Kier molecular flexibility index (Phi) is 4.73. The van der Waals surface area contributed by atoms with Gasteiger partial charge in [-0.3, -0.25) is 9.59 Å². The highest BCUT2D eigenvalue weighted by molar-refractivity contribution is 5.85. The van der Waals surface area contributed by atoms with Gasteiger partial charge in [-0.2, -0.15) is 0 Å². The first-order valence-electron chi connectivity index (χ1n) is 6.95. The summed E-state index contributed by atoms with van der Waals surface area (Å²) in [7, 11) is 1.62. The van der Waals surface area contributed by atoms with E-state index in [1.807, 2.05) is 0 Å². The van der Waals surface area contributed by atoms with Crippen molar-refractivity contribution in [1.82, 2.24) is 10.2 Å². The molecule has 21 heavy (non-hydrogen) atoms. The van der Waals surface area contributed by atoms with E-state index in [9.17, 15) is 14.0 Å². The second-order valence-corrected chi connectivity index (χ2v) is 5.15. The Balaban J connectivity index is 2.34. The lowest BCUT2D eigenvalue weighted by atomic mass is 9.83. The van der Waals surface area contributed by atoms with Gasteiger partial charge in [-0.25, -0.2) is 4.39 Å². The molecule has 0 spiro atoms. The van der Waals surface area contributed by atoms with Gasteiger partial charge < -0.3 is 10.2 Å². The number of hydrogen-bond acceptors (Lipinski definition) is 2. The molecule has 112 valence electrons. The first kappa shape index (κ1) is 15.2. The molecule has 2 atom stereocenters. The summed E-state index contributed by atoms with van der Waals surface area (Å²) in [6.45, 7) is 3.91. The zero-order chi connectivity index (χ0) is 15.4. The number of hydrogen-bond donors (Lipinski definition) is 1. The highest BCUT2D eigenvalue weighted by Gasteiger charge is 2.39. The summed E-state index contributed by atoms with van der Waals surface area (Å²) >= 11 is 0. The quantitative estimate of drug-likeness (QED) is 0.863. The molecule has 1 fully saturated rings. The Morgan fingerprint density at radius 1 is 1.52 bits per heavy atom. The molecule has 1 aliphatic rings. The molecule has 0 bridgehead atoms. The third-order valence-electron chi connectivity index (χ3n) is 3.84. The molecule has 1 N–H and O–H groups in total. The Labute approximate surface area is 123 Å². The van der Waals surface area contributed by atoms with E-state index in [1.165, 1.54) is 11.0 Å². The van der Waals surface area contributed by atoms with E-state index in [2.05, 4.69) is 11.9 Å². The van der Waals surface area contributed by atoms with Crippen molar-refractivity contribution < 1.29 is 14.0 Å². The summed E-state index contributed by atoms with van der Waals surface area (Å²) in [5, 5.41) is 2.74. The molecule has 1 saturated heterocycles.